The Morgan fingerprint density at radius 1 is 1.25 bits per heavy atom. The number of carboxylic acids is 1. The molecule has 0 aliphatic rings. The zero-order chi connectivity index (χ0) is 15.1. The first-order valence-corrected chi connectivity index (χ1v) is 5.90. The van der Waals surface area contributed by atoms with Crippen molar-refractivity contribution in [2.24, 2.45) is 0 Å². The van der Waals surface area contributed by atoms with Gasteiger partial charge < -0.3 is 19.9 Å². The van der Waals surface area contributed by atoms with Crippen molar-refractivity contribution in [1.29, 1.82) is 0 Å². The molecule has 0 atom stereocenters. The standard InChI is InChI=1S/C14H17NO5/c1-9(16)15-6-4-5-10-7-12(19-2)13(20-3)8-11(10)14(17)18/h4-5,7-8H,6H2,1-3H3,(H,15,16)(H,17,18). The summed E-state index contributed by atoms with van der Waals surface area (Å²) in [6.45, 7) is 1.73. The van der Waals surface area contributed by atoms with Crippen molar-refractivity contribution in [3.63, 3.8) is 0 Å². The number of benzene rings is 1. The highest BCUT2D eigenvalue weighted by atomic mass is 16.5. The maximum absolute atomic E-state index is 11.2. The minimum Gasteiger partial charge on any atom is -0.493 e. The Hall–Kier alpha value is -2.50. The third-order valence-corrected chi connectivity index (χ3v) is 2.55. The topological polar surface area (TPSA) is 84.9 Å². The van der Waals surface area contributed by atoms with E-state index in [9.17, 15) is 14.7 Å². The summed E-state index contributed by atoms with van der Waals surface area (Å²) in [5, 5.41) is 11.8. The van der Waals surface area contributed by atoms with Crippen LogP contribution in [0.15, 0.2) is 18.2 Å². The Kier molecular flexibility index (Phi) is 5.58. The number of carboxylic acid groups (broad SMARTS) is 1. The Morgan fingerprint density at radius 2 is 1.85 bits per heavy atom. The van der Waals surface area contributed by atoms with Crippen molar-refractivity contribution in [3.05, 3.63) is 29.3 Å². The lowest BCUT2D eigenvalue weighted by atomic mass is 10.1. The van der Waals surface area contributed by atoms with Crippen LogP contribution in [-0.2, 0) is 4.79 Å². The molecular formula is C14H17NO5. The van der Waals surface area contributed by atoms with Gasteiger partial charge in [0.1, 0.15) is 0 Å². The van der Waals surface area contributed by atoms with E-state index in [4.69, 9.17) is 9.47 Å². The number of ether oxygens (including phenoxy) is 2. The van der Waals surface area contributed by atoms with E-state index in [-0.39, 0.29) is 11.5 Å². The van der Waals surface area contributed by atoms with Crippen LogP contribution < -0.4 is 14.8 Å². The molecule has 1 amide bonds. The SMILES string of the molecule is COc1cc(C=CCNC(C)=O)c(C(=O)O)cc1OC. The van der Waals surface area contributed by atoms with Gasteiger partial charge in [-0.15, -0.1) is 0 Å². The summed E-state index contributed by atoms with van der Waals surface area (Å²) < 4.78 is 10.2. The molecule has 0 radical (unpaired) electrons. The van der Waals surface area contributed by atoms with Crippen molar-refractivity contribution in [2.45, 2.75) is 6.92 Å². The monoisotopic (exact) mass is 279 g/mol. The number of amides is 1. The van der Waals surface area contributed by atoms with Crippen LogP contribution in [0.5, 0.6) is 11.5 Å². The van der Waals surface area contributed by atoms with Crippen LogP contribution in [0.1, 0.15) is 22.8 Å². The molecule has 0 unspecified atom stereocenters. The molecule has 0 saturated heterocycles. The number of hydrogen-bond acceptors (Lipinski definition) is 4. The number of aromatic carboxylic acids is 1. The van der Waals surface area contributed by atoms with Gasteiger partial charge >= 0.3 is 5.97 Å². The fourth-order valence-corrected chi connectivity index (χ4v) is 1.61. The molecule has 1 aromatic rings. The molecule has 0 saturated carbocycles. The first kappa shape index (κ1) is 15.6. The zero-order valence-corrected chi connectivity index (χ0v) is 11.6. The molecule has 6 heteroatoms. The van der Waals surface area contributed by atoms with Gasteiger partial charge in [-0.2, -0.15) is 0 Å². The van der Waals surface area contributed by atoms with Crippen molar-refractivity contribution in [3.8, 4) is 11.5 Å². The molecule has 20 heavy (non-hydrogen) atoms. The van der Waals surface area contributed by atoms with Crippen LogP contribution in [0, 0.1) is 0 Å². The third-order valence-electron chi connectivity index (χ3n) is 2.55. The summed E-state index contributed by atoms with van der Waals surface area (Å²) in [5.41, 5.74) is 0.572. The van der Waals surface area contributed by atoms with Crippen molar-refractivity contribution >= 4 is 18.0 Å². The summed E-state index contributed by atoms with van der Waals surface area (Å²) in [4.78, 5) is 22.0. The first-order chi connectivity index (χ1) is 9.49. The second kappa shape index (κ2) is 7.18. The Balaban J connectivity index is 3.09. The van der Waals surface area contributed by atoms with E-state index in [1.165, 1.54) is 27.2 Å². The molecule has 1 aromatic carbocycles. The van der Waals surface area contributed by atoms with Gasteiger partial charge in [-0.1, -0.05) is 12.2 Å². The van der Waals surface area contributed by atoms with E-state index in [2.05, 4.69) is 5.32 Å². The number of rotatable bonds is 6. The molecule has 1 rings (SSSR count). The predicted octanol–water partition coefficient (Wildman–Crippen LogP) is 1.55. The zero-order valence-electron chi connectivity index (χ0n) is 11.6. The van der Waals surface area contributed by atoms with Crippen molar-refractivity contribution < 1.29 is 24.2 Å². The lowest BCUT2D eigenvalue weighted by molar-refractivity contribution is -0.118. The van der Waals surface area contributed by atoms with Crippen LogP contribution in [0.2, 0.25) is 0 Å². The largest absolute Gasteiger partial charge is 0.493 e. The molecule has 108 valence electrons. The summed E-state index contributed by atoms with van der Waals surface area (Å²) >= 11 is 0. The lowest BCUT2D eigenvalue weighted by Gasteiger charge is -2.10. The fourth-order valence-electron chi connectivity index (χ4n) is 1.61. The van der Waals surface area contributed by atoms with Crippen LogP contribution in [-0.4, -0.2) is 37.7 Å². The maximum Gasteiger partial charge on any atom is 0.336 e. The van der Waals surface area contributed by atoms with Crippen molar-refractivity contribution in [1.82, 2.24) is 5.32 Å². The quantitative estimate of drug-likeness (QED) is 0.825. The summed E-state index contributed by atoms with van der Waals surface area (Å²) in [6, 6.07) is 2.98. The smallest absolute Gasteiger partial charge is 0.336 e. The lowest BCUT2D eigenvalue weighted by Crippen LogP contribution is -2.19. The normalized spacial score (nSPS) is 10.3. The highest BCUT2D eigenvalue weighted by Crippen LogP contribution is 2.31. The minimum absolute atomic E-state index is 0.0988. The summed E-state index contributed by atoms with van der Waals surface area (Å²) in [6.07, 6.45) is 3.27. The average Bonchev–Trinajstić information content (AvgIpc) is 2.42. The van der Waals surface area contributed by atoms with Gasteiger partial charge in [-0.25, -0.2) is 4.79 Å². The number of nitrogens with one attached hydrogen (secondary N) is 1. The van der Waals surface area contributed by atoms with Gasteiger partial charge in [-0.3, -0.25) is 4.79 Å². The molecule has 0 aromatic heterocycles. The fraction of sp³-hybridized carbons (Fsp3) is 0.286. The minimum atomic E-state index is -1.06. The van der Waals surface area contributed by atoms with E-state index >= 15 is 0 Å². The van der Waals surface area contributed by atoms with E-state index in [0.717, 1.165) is 0 Å². The number of methoxy groups -OCH3 is 2. The van der Waals surface area contributed by atoms with Gasteiger partial charge in [0.2, 0.25) is 5.91 Å². The van der Waals surface area contributed by atoms with E-state index < -0.39 is 5.97 Å². The number of carbonyl (C=O) groups is 2. The van der Waals surface area contributed by atoms with Crippen LogP contribution in [0.4, 0.5) is 0 Å². The Labute approximate surface area is 117 Å². The Bertz CT molecular complexity index is 537. The molecule has 0 fully saturated rings. The summed E-state index contributed by atoms with van der Waals surface area (Å²) in [7, 11) is 2.92. The average molecular weight is 279 g/mol. The molecule has 2 N–H and O–H groups in total. The predicted molar refractivity (Wildman–Crippen MR) is 74.2 cm³/mol. The number of carbonyl (C=O) groups excluding carboxylic acids is 1. The van der Waals surface area contributed by atoms with E-state index in [1.807, 2.05) is 0 Å². The molecule has 0 aliphatic carbocycles. The van der Waals surface area contributed by atoms with Crippen LogP contribution in [0.25, 0.3) is 6.08 Å². The third kappa shape index (κ3) is 4.01. The van der Waals surface area contributed by atoms with Gasteiger partial charge in [0.05, 0.1) is 19.8 Å². The van der Waals surface area contributed by atoms with Gasteiger partial charge in [0.25, 0.3) is 0 Å². The molecular weight excluding hydrogens is 262 g/mol. The second-order valence-corrected chi connectivity index (χ2v) is 3.94. The Morgan fingerprint density at radius 3 is 2.35 bits per heavy atom. The maximum atomic E-state index is 11.2. The van der Waals surface area contributed by atoms with Gasteiger partial charge in [0.15, 0.2) is 11.5 Å². The highest BCUT2D eigenvalue weighted by Gasteiger charge is 2.14. The second-order valence-electron chi connectivity index (χ2n) is 3.94. The summed E-state index contributed by atoms with van der Waals surface area (Å²) in [5.74, 6) is -0.425. The molecule has 6 nitrogen and oxygen atoms in total. The molecule has 0 aliphatic heterocycles. The van der Waals surface area contributed by atoms with E-state index in [1.54, 1.807) is 18.2 Å². The van der Waals surface area contributed by atoms with Gasteiger partial charge in [0, 0.05) is 13.5 Å². The van der Waals surface area contributed by atoms with Crippen molar-refractivity contribution in [2.75, 3.05) is 20.8 Å². The van der Waals surface area contributed by atoms with Crippen LogP contribution in [0.3, 0.4) is 0 Å². The van der Waals surface area contributed by atoms with Gasteiger partial charge in [-0.05, 0) is 17.7 Å². The number of hydrogen-bond donors (Lipinski definition) is 2. The first-order valence-electron chi connectivity index (χ1n) is 5.90. The van der Waals surface area contributed by atoms with E-state index in [0.29, 0.717) is 23.6 Å². The molecule has 0 spiro atoms. The molecule has 0 bridgehead atoms. The van der Waals surface area contributed by atoms with Crippen LogP contribution >= 0.6 is 0 Å². The molecule has 0 heterocycles. The highest BCUT2D eigenvalue weighted by molar-refractivity contribution is 5.93.